The molecule has 1 saturated carbocycles. The van der Waals surface area contributed by atoms with Crippen LogP contribution in [-0.2, 0) is 14.4 Å². The highest BCUT2D eigenvalue weighted by Crippen LogP contribution is 2.38. The van der Waals surface area contributed by atoms with Crippen molar-refractivity contribution < 1.29 is 14.4 Å². The Morgan fingerprint density at radius 1 is 1.22 bits per heavy atom. The first-order valence-corrected chi connectivity index (χ1v) is 10.6. The van der Waals surface area contributed by atoms with Gasteiger partial charge in [-0.15, -0.1) is 11.3 Å². The van der Waals surface area contributed by atoms with Gasteiger partial charge in [0.2, 0.25) is 17.7 Å². The van der Waals surface area contributed by atoms with Crippen LogP contribution in [0.15, 0.2) is 34.1 Å². The Balaban J connectivity index is 1.41. The lowest BCUT2D eigenvalue weighted by molar-refractivity contribution is -0.142. The molecule has 1 saturated heterocycles. The predicted octanol–water partition coefficient (Wildman–Crippen LogP) is 3.69. The van der Waals surface area contributed by atoms with Gasteiger partial charge in [-0.05, 0) is 25.0 Å². The number of halogens is 1. The van der Waals surface area contributed by atoms with E-state index < -0.39 is 5.91 Å². The number of hydrogen-bond donors (Lipinski definition) is 1. The number of nitrogens with one attached hydrogen (secondary N) is 1. The molecule has 2 aliphatic rings. The van der Waals surface area contributed by atoms with Crippen molar-refractivity contribution in [1.82, 2.24) is 9.88 Å². The maximum atomic E-state index is 12.5. The van der Waals surface area contributed by atoms with Crippen LogP contribution in [0.25, 0.3) is 11.3 Å². The molecule has 1 aromatic heterocycles. The number of nitrogens with zero attached hydrogens (tertiary/aromatic N) is 2. The summed E-state index contributed by atoms with van der Waals surface area (Å²) >= 11 is 4.74. The molecular formula is C19H18BrN3O3S. The van der Waals surface area contributed by atoms with Gasteiger partial charge in [0.25, 0.3) is 0 Å². The number of thiazole rings is 1. The van der Waals surface area contributed by atoms with Crippen LogP contribution in [0.2, 0.25) is 0 Å². The third kappa shape index (κ3) is 3.68. The normalized spacial score (nSPS) is 22.0. The lowest BCUT2D eigenvalue weighted by Crippen LogP contribution is -2.38. The molecule has 0 radical (unpaired) electrons. The molecule has 1 aliphatic carbocycles. The molecular weight excluding hydrogens is 430 g/mol. The SMILES string of the molecule is O=C(CN1C(=O)[C@H]2CCCC[C@H]2C1=O)Nc1nc(-c2cccc(Br)c2)cs1. The summed E-state index contributed by atoms with van der Waals surface area (Å²) in [4.78, 5) is 42.8. The minimum absolute atomic E-state index is 0.200. The molecule has 2 aromatic rings. The average molecular weight is 448 g/mol. The Morgan fingerprint density at radius 2 is 1.93 bits per heavy atom. The third-order valence-electron chi connectivity index (χ3n) is 5.11. The Morgan fingerprint density at radius 3 is 2.59 bits per heavy atom. The molecule has 1 N–H and O–H groups in total. The van der Waals surface area contributed by atoms with E-state index in [9.17, 15) is 14.4 Å². The second-order valence-corrected chi connectivity index (χ2v) is 8.63. The van der Waals surface area contributed by atoms with Crippen molar-refractivity contribution in [3.63, 3.8) is 0 Å². The van der Waals surface area contributed by atoms with Crippen LogP contribution in [-0.4, -0.2) is 34.2 Å². The summed E-state index contributed by atoms with van der Waals surface area (Å²) in [5, 5.41) is 5.02. The number of hydrogen-bond acceptors (Lipinski definition) is 5. The number of fused-ring (bicyclic) bond motifs is 1. The Hall–Kier alpha value is -2.06. The van der Waals surface area contributed by atoms with E-state index in [-0.39, 0.29) is 30.2 Å². The first-order valence-electron chi connectivity index (χ1n) is 8.89. The van der Waals surface area contributed by atoms with Gasteiger partial charge in [0, 0.05) is 15.4 Å². The quantitative estimate of drug-likeness (QED) is 0.724. The summed E-state index contributed by atoms with van der Waals surface area (Å²) in [5.41, 5.74) is 1.70. The number of rotatable bonds is 4. The molecule has 8 heteroatoms. The van der Waals surface area contributed by atoms with Crippen molar-refractivity contribution >= 4 is 50.1 Å². The predicted molar refractivity (Wildman–Crippen MR) is 106 cm³/mol. The van der Waals surface area contributed by atoms with Crippen molar-refractivity contribution in [3.05, 3.63) is 34.1 Å². The van der Waals surface area contributed by atoms with E-state index >= 15 is 0 Å². The fourth-order valence-electron chi connectivity index (χ4n) is 3.80. The molecule has 0 unspecified atom stereocenters. The number of amides is 3. The van der Waals surface area contributed by atoms with Gasteiger partial charge in [-0.25, -0.2) is 4.98 Å². The Kier molecular flexibility index (Phi) is 5.10. The minimum Gasteiger partial charge on any atom is -0.300 e. The maximum Gasteiger partial charge on any atom is 0.246 e. The minimum atomic E-state index is -0.398. The molecule has 0 spiro atoms. The number of carbonyl (C=O) groups is 3. The van der Waals surface area contributed by atoms with Crippen molar-refractivity contribution in [2.75, 3.05) is 11.9 Å². The summed E-state index contributed by atoms with van der Waals surface area (Å²) in [5.74, 6) is -1.27. The summed E-state index contributed by atoms with van der Waals surface area (Å²) in [6.45, 7) is -0.240. The number of imide groups is 1. The molecule has 2 fully saturated rings. The van der Waals surface area contributed by atoms with Crippen LogP contribution >= 0.6 is 27.3 Å². The molecule has 140 valence electrons. The van der Waals surface area contributed by atoms with Crippen molar-refractivity contribution in [2.24, 2.45) is 11.8 Å². The fraction of sp³-hybridized carbons (Fsp3) is 0.368. The lowest BCUT2D eigenvalue weighted by Gasteiger charge is -2.19. The average Bonchev–Trinajstić information content (AvgIpc) is 3.21. The molecule has 3 amide bonds. The second kappa shape index (κ2) is 7.52. The molecule has 0 bridgehead atoms. The molecule has 6 nitrogen and oxygen atoms in total. The Bertz CT molecular complexity index is 889. The van der Waals surface area contributed by atoms with Gasteiger partial charge in [-0.1, -0.05) is 40.9 Å². The molecule has 1 aliphatic heterocycles. The molecule has 2 heterocycles. The van der Waals surface area contributed by atoms with Crippen molar-refractivity contribution in [1.29, 1.82) is 0 Å². The van der Waals surface area contributed by atoms with Crippen molar-refractivity contribution in [2.45, 2.75) is 25.7 Å². The number of carbonyl (C=O) groups excluding carboxylic acids is 3. The highest BCUT2D eigenvalue weighted by molar-refractivity contribution is 9.10. The molecule has 1 aromatic carbocycles. The number of likely N-dealkylation sites (tertiary alicyclic amines) is 1. The second-order valence-electron chi connectivity index (χ2n) is 6.86. The third-order valence-corrected chi connectivity index (χ3v) is 6.36. The Labute approximate surface area is 169 Å². The van der Waals surface area contributed by atoms with Gasteiger partial charge in [-0.3, -0.25) is 19.3 Å². The van der Waals surface area contributed by atoms with Crippen LogP contribution in [0, 0.1) is 11.8 Å². The van der Waals surface area contributed by atoms with E-state index in [1.165, 1.54) is 11.3 Å². The monoisotopic (exact) mass is 447 g/mol. The molecule has 2 atom stereocenters. The van der Waals surface area contributed by atoms with E-state index in [1.54, 1.807) is 0 Å². The number of anilines is 1. The topological polar surface area (TPSA) is 79.4 Å². The summed E-state index contributed by atoms with van der Waals surface area (Å²) < 4.78 is 0.950. The van der Waals surface area contributed by atoms with Crippen LogP contribution in [0.3, 0.4) is 0 Å². The van der Waals surface area contributed by atoms with Gasteiger partial charge >= 0.3 is 0 Å². The fourth-order valence-corrected chi connectivity index (χ4v) is 4.94. The maximum absolute atomic E-state index is 12.5. The largest absolute Gasteiger partial charge is 0.300 e. The van der Waals surface area contributed by atoms with Gasteiger partial charge < -0.3 is 5.32 Å². The van der Waals surface area contributed by atoms with E-state index in [4.69, 9.17) is 0 Å². The van der Waals surface area contributed by atoms with E-state index in [0.29, 0.717) is 5.13 Å². The summed E-state index contributed by atoms with van der Waals surface area (Å²) in [6, 6.07) is 7.74. The number of benzene rings is 1. The van der Waals surface area contributed by atoms with Crippen LogP contribution in [0.4, 0.5) is 5.13 Å². The molecule has 27 heavy (non-hydrogen) atoms. The zero-order valence-corrected chi connectivity index (χ0v) is 16.9. The standard InChI is InChI=1S/C19H18BrN3O3S/c20-12-5-3-4-11(8-12)15-10-27-19(21-15)22-16(24)9-23-17(25)13-6-1-2-7-14(13)18(23)26/h3-5,8,10,13-14H,1-2,6-7,9H2,(H,21,22,24)/t13-,14+. The van der Waals surface area contributed by atoms with E-state index in [0.717, 1.165) is 46.3 Å². The van der Waals surface area contributed by atoms with Gasteiger partial charge in [0.05, 0.1) is 17.5 Å². The smallest absolute Gasteiger partial charge is 0.246 e. The van der Waals surface area contributed by atoms with Crippen molar-refractivity contribution in [3.8, 4) is 11.3 Å². The summed E-state index contributed by atoms with van der Waals surface area (Å²) in [6.07, 6.45) is 3.43. The van der Waals surface area contributed by atoms with Crippen LogP contribution in [0.1, 0.15) is 25.7 Å². The number of aromatic nitrogens is 1. The highest BCUT2D eigenvalue weighted by Gasteiger charge is 2.48. The zero-order chi connectivity index (χ0) is 19.0. The first kappa shape index (κ1) is 18.3. The van der Waals surface area contributed by atoms with E-state index in [2.05, 4.69) is 26.2 Å². The summed E-state index contributed by atoms with van der Waals surface area (Å²) in [7, 11) is 0. The zero-order valence-electron chi connectivity index (χ0n) is 14.5. The van der Waals surface area contributed by atoms with Gasteiger partial charge in [0.1, 0.15) is 6.54 Å². The van der Waals surface area contributed by atoms with Crippen LogP contribution < -0.4 is 5.32 Å². The highest BCUT2D eigenvalue weighted by atomic mass is 79.9. The van der Waals surface area contributed by atoms with Gasteiger partial charge in [-0.2, -0.15) is 0 Å². The lowest BCUT2D eigenvalue weighted by atomic mass is 9.81. The van der Waals surface area contributed by atoms with Gasteiger partial charge in [0.15, 0.2) is 5.13 Å². The molecule has 4 rings (SSSR count). The van der Waals surface area contributed by atoms with E-state index in [1.807, 2.05) is 29.6 Å². The van der Waals surface area contributed by atoms with Crippen LogP contribution in [0.5, 0.6) is 0 Å². The first-order chi connectivity index (χ1) is 13.0.